The van der Waals surface area contributed by atoms with E-state index in [4.69, 9.17) is 4.74 Å². The maximum absolute atomic E-state index is 12.4. The lowest BCUT2D eigenvalue weighted by Crippen LogP contribution is -2.38. The summed E-state index contributed by atoms with van der Waals surface area (Å²) in [5.41, 5.74) is 0.453. The lowest BCUT2D eigenvalue weighted by atomic mass is 9.85. The van der Waals surface area contributed by atoms with Crippen molar-refractivity contribution in [3.8, 4) is 0 Å². The molecule has 1 N–H and O–H groups in total. The average molecular weight is 377 g/mol. The Kier molecular flexibility index (Phi) is 5.17. The molecule has 3 rings (SSSR count). The van der Waals surface area contributed by atoms with Crippen molar-refractivity contribution in [3.63, 3.8) is 0 Å². The standard InChI is InChI=1S/C17H19N3O5S/c1-3-25-16(24)13-9(2)18-17(26-13)19-12(21)8-20-14(22)10-6-4-5-7-11(10)15(20)23/h4-5,10-11H,3,6-8H2,1-2H3,(H,18,19,21)/t10-,11-/m0/s1. The molecule has 0 spiro atoms. The van der Waals surface area contributed by atoms with Crippen molar-refractivity contribution in [1.29, 1.82) is 0 Å². The van der Waals surface area contributed by atoms with Gasteiger partial charge in [-0.1, -0.05) is 23.5 Å². The van der Waals surface area contributed by atoms with Crippen molar-refractivity contribution in [3.05, 3.63) is 22.7 Å². The summed E-state index contributed by atoms with van der Waals surface area (Å²) in [6.07, 6.45) is 4.85. The molecule has 0 radical (unpaired) electrons. The first-order valence-corrected chi connectivity index (χ1v) is 9.18. The van der Waals surface area contributed by atoms with Crippen LogP contribution in [0.25, 0.3) is 0 Å². The first-order chi connectivity index (χ1) is 12.4. The van der Waals surface area contributed by atoms with Crippen molar-refractivity contribution >= 4 is 40.2 Å². The predicted octanol–water partition coefficient (Wildman–Crippen LogP) is 1.52. The Morgan fingerprint density at radius 1 is 1.27 bits per heavy atom. The third kappa shape index (κ3) is 3.39. The highest BCUT2D eigenvalue weighted by atomic mass is 32.1. The first kappa shape index (κ1) is 18.2. The fourth-order valence-corrected chi connectivity index (χ4v) is 4.04. The molecule has 0 saturated carbocycles. The number of rotatable bonds is 5. The number of hydrogen-bond acceptors (Lipinski definition) is 7. The second-order valence-corrected chi connectivity index (χ2v) is 7.12. The minimum atomic E-state index is -0.525. The highest BCUT2D eigenvalue weighted by molar-refractivity contribution is 7.17. The van der Waals surface area contributed by atoms with Crippen molar-refractivity contribution in [1.82, 2.24) is 9.88 Å². The molecular weight excluding hydrogens is 358 g/mol. The summed E-state index contributed by atoms with van der Waals surface area (Å²) in [6.45, 7) is 3.24. The van der Waals surface area contributed by atoms with Crippen LogP contribution in [0.4, 0.5) is 5.13 Å². The van der Waals surface area contributed by atoms with Crippen molar-refractivity contribution in [2.45, 2.75) is 26.7 Å². The van der Waals surface area contributed by atoms with Crippen molar-refractivity contribution < 1.29 is 23.9 Å². The van der Waals surface area contributed by atoms with Crippen LogP contribution in [0.5, 0.6) is 0 Å². The molecule has 0 aromatic carbocycles. The molecule has 9 heteroatoms. The summed E-state index contributed by atoms with van der Waals surface area (Å²) in [5, 5.41) is 2.78. The fourth-order valence-electron chi connectivity index (χ4n) is 3.16. The third-order valence-electron chi connectivity index (χ3n) is 4.40. The Morgan fingerprint density at radius 2 is 1.88 bits per heavy atom. The van der Waals surface area contributed by atoms with Gasteiger partial charge in [-0.2, -0.15) is 0 Å². The van der Waals surface area contributed by atoms with Gasteiger partial charge in [-0.3, -0.25) is 19.3 Å². The summed E-state index contributed by atoms with van der Waals surface area (Å²) < 4.78 is 4.93. The molecule has 1 aliphatic heterocycles. The molecular formula is C17H19N3O5S. The second-order valence-electron chi connectivity index (χ2n) is 6.12. The van der Waals surface area contributed by atoms with Gasteiger partial charge in [0.25, 0.3) is 0 Å². The maximum Gasteiger partial charge on any atom is 0.350 e. The summed E-state index contributed by atoms with van der Waals surface area (Å²) in [5.74, 6) is -2.35. The molecule has 8 nitrogen and oxygen atoms in total. The van der Waals surface area contributed by atoms with Gasteiger partial charge in [0.1, 0.15) is 11.4 Å². The van der Waals surface area contributed by atoms with Gasteiger partial charge < -0.3 is 10.1 Å². The quantitative estimate of drug-likeness (QED) is 0.474. The molecule has 1 aromatic heterocycles. The minimum Gasteiger partial charge on any atom is -0.462 e. The van der Waals surface area contributed by atoms with Crippen LogP contribution in [0.1, 0.15) is 35.1 Å². The van der Waals surface area contributed by atoms with Gasteiger partial charge in [0, 0.05) is 0 Å². The monoisotopic (exact) mass is 377 g/mol. The number of hydrogen-bond donors (Lipinski definition) is 1. The number of amides is 3. The van der Waals surface area contributed by atoms with Gasteiger partial charge in [0.2, 0.25) is 17.7 Å². The van der Waals surface area contributed by atoms with E-state index in [9.17, 15) is 19.2 Å². The number of carbonyl (C=O) groups excluding carboxylic acids is 4. The summed E-state index contributed by atoms with van der Waals surface area (Å²) in [6, 6.07) is 0. The van der Waals surface area contributed by atoms with Crippen LogP contribution in [0.3, 0.4) is 0 Å². The number of thiazole rings is 1. The number of esters is 1. The van der Waals surface area contributed by atoms with Crippen LogP contribution in [-0.4, -0.2) is 46.7 Å². The molecule has 2 atom stereocenters. The van der Waals surface area contributed by atoms with Crippen LogP contribution in [0.15, 0.2) is 12.2 Å². The molecule has 26 heavy (non-hydrogen) atoms. The zero-order valence-corrected chi connectivity index (χ0v) is 15.3. The van der Waals surface area contributed by atoms with E-state index in [-0.39, 0.29) is 41.9 Å². The van der Waals surface area contributed by atoms with Crippen LogP contribution in [-0.2, 0) is 19.1 Å². The Morgan fingerprint density at radius 3 is 2.46 bits per heavy atom. The number of imide groups is 1. The van der Waals surface area contributed by atoms with Crippen molar-refractivity contribution in [2.75, 3.05) is 18.5 Å². The highest BCUT2D eigenvalue weighted by Gasteiger charge is 2.47. The van der Waals surface area contributed by atoms with Gasteiger partial charge in [-0.25, -0.2) is 9.78 Å². The molecule has 1 fully saturated rings. The van der Waals surface area contributed by atoms with E-state index in [1.54, 1.807) is 13.8 Å². The number of ether oxygens (including phenoxy) is 1. The number of fused-ring (bicyclic) bond motifs is 1. The van der Waals surface area contributed by atoms with E-state index in [0.717, 1.165) is 16.2 Å². The number of nitrogens with zero attached hydrogens (tertiary/aromatic N) is 2. The van der Waals surface area contributed by atoms with Crippen LogP contribution in [0.2, 0.25) is 0 Å². The second kappa shape index (κ2) is 7.36. The van der Waals surface area contributed by atoms with Crippen LogP contribution < -0.4 is 5.32 Å². The van der Waals surface area contributed by atoms with Gasteiger partial charge in [0.05, 0.1) is 24.1 Å². The normalized spacial score (nSPS) is 21.7. The number of nitrogens with one attached hydrogen (secondary N) is 1. The average Bonchev–Trinajstić information content (AvgIpc) is 3.08. The topological polar surface area (TPSA) is 106 Å². The van der Waals surface area contributed by atoms with E-state index >= 15 is 0 Å². The minimum absolute atomic E-state index is 0.230. The van der Waals surface area contributed by atoms with E-state index < -0.39 is 11.9 Å². The lowest BCUT2D eigenvalue weighted by Gasteiger charge is -2.14. The Balaban J connectivity index is 1.65. The third-order valence-corrected chi connectivity index (χ3v) is 5.46. The Labute approximate surface area is 154 Å². The van der Waals surface area contributed by atoms with Crippen LogP contribution >= 0.6 is 11.3 Å². The first-order valence-electron chi connectivity index (χ1n) is 8.37. The summed E-state index contributed by atoms with van der Waals surface area (Å²) >= 11 is 1.000. The molecule has 138 valence electrons. The zero-order valence-electron chi connectivity index (χ0n) is 14.5. The Hall–Kier alpha value is -2.55. The molecule has 0 unspecified atom stereocenters. The van der Waals surface area contributed by atoms with Gasteiger partial charge >= 0.3 is 5.97 Å². The molecule has 2 aliphatic rings. The van der Waals surface area contributed by atoms with Gasteiger partial charge in [0.15, 0.2) is 5.13 Å². The number of anilines is 1. The van der Waals surface area contributed by atoms with E-state index in [1.165, 1.54) is 0 Å². The number of aryl methyl sites for hydroxylation is 1. The smallest absolute Gasteiger partial charge is 0.350 e. The molecule has 1 aromatic rings. The molecule has 0 bridgehead atoms. The van der Waals surface area contributed by atoms with E-state index in [1.807, 2.05) is 12.2 Å². The summed E-state index contributed by atoms with van der Waals surface area (Å²) in [4.78, 5) is 54.3. The van der Waals surface area contributed by atoms with Gasteiger partial charge in [-0.15, -0.1) is 0 Å². The number of allylic oxidation sites excluding steroid dienone is 2. The zero-order chi connectivity index (χ0) is 18.8. The molecule has 1 aliphatic carbocycles. The largest absolute Gasteiger partial charge is 0.462 e. The number of aromatic nitrogens is 1. The molecule has 2 heterocycles. The van der Waals surface area contributed by atoms with Gasteiger partial charge in [-0.05, 0) is 26.7 Å². The van der Waals surface area contributed by atoms with Crippen LogP contribution in [0, 0.1) is 18.8 Å². The summed E-state index contributed by atoms with van der Waals surface area (Å²) in [7, 11) is 0. The lowest BCUT2D eigenvalue weighted by molar-refractivity contribution is -0.142. The number of likely N-dealkylation sites (tertiary alicyclic amines) is 1. The molecule has 3 amide bonds. The van der Waals surface area contributed by atoms with E-state index in [2.05, 4.69) is 10.3 Å². The SMILES string of the molecule is CCOC(=O)c1sc(NC(=O)CN2C(=O)[C@H]3CC=CC[C@@H]3C2=O)nc1C. The maximum atomic E-state index is 12.4. The highest BCUT2D eigenvalue weighted by Crippen LogP contribution is 2.35. The fraction of sp³-hybridized carbons (Fsp3) is 0.471. The van der Waals surface area contributed by atoms with Crippen molar-refractivity contribution in [2.24, 2.45) is 11.8 Å². The predicted molar refractivity (Wildman–Crippen MR) is 93.5 cm³/mol. The Bertz CT molecular complexity index is 774. The number of carbonyl (C=O) groups is 4. The molecule has 1 saturated heterocycles. The van der Waals surface area contributed by atoms with E-state index in [0.29, 0.717) is 23.4 Å².